The fourth-order valence-corrected chi connectivity index (χ4v) is 2.95. The monoisotopic (exact) mass is 327 g/mol. The topological polar surface area (TPSA) is 61.3 Å². The molecule has 0 atom stereocenters. The lowest BCUT2D eigenvalue weighted by atomic mass is 10.3. The summed E-state index contributed by atoms with van der Waals surface area (Å²) < 4.78 is 0. The van der Waals surface area contributed by atoms with Crippen molar-refractivity contribution >= 4 is 17.7 Å². The molecule has 0 bridgehead atoms. The van der Waals surface area contributed by atoms with Gasteiger partial charge in [0.25, 0.3) is 0 Å². The highest BCUT2D eigenvalue weighted by Gasteiger charge is 2.21. The summed E-state index contributed by atoms with van der Waals surface area (Å²) >= 11 is 0. The van der Waals surface area contributed by atoms with Gasteiger partial charge in [0, 0.05) is 63.4 Å². The Labute approximate surface area is 143 Å². The van der Waals surface area contributed by atoms with Gasteiger partial charge in [0.05, 0.1) is 0 Å². The third-order valence-electron chi connectivity index (χ3n) is 4.31. The van der Waals surface area contributed by atoms with E-state index in [1.165, 1.54) is 0 Å². The minimum absolute atomic E-state index is 0.797. The van der Waals surface area contributed by atoms with Crippen molar-refractivity contribution in [2.24, 2.45) is 0 Å². The van der Waals surface area contributed by atoms with Crippen LogP contribution in [0.25, 0.3) is 0 Å². The highest BCUT2D eigenvalue weighted by molar-refractivity contribution is 5.47. The van der Waals surface area contributed by atoms with Crippen LogP contribution >= 0.6 is 0 Å². The van der Waals surface area contributed by atoms with Crippen molar-refractivity contribution in [3.63, 3.8) is 0 Å². The van der Waals surface area contributed by atoms with Gasteiger partial charge in [-0.2, -0.15) is 4.98 Å². The van der Waals surface area contributed by atoms with E-state index in [-0.39, 0.29) is 0 Å². The van der Waals surface area contributed by atoms with Gasteiger partial charge in [0.2, 0.25) is 11.9 Å². The highest BCUT2D eigenvalue weighted by atomic mass is 15.4. The molecule has 1 saturated heterocycles. The molecular weight excluding hydrogens is 302 g/mol. The number of nitrogens with zero attached hydrogens (tertiary/aromatic N) is 7. The van der Waals surface area contributed by atoms with Crippen molar-refractivity contribution < 1.29 is 0 Å². The summed E-state index contributed by atoms with van der Waals surface area (Å²) in [6.07, 6.45) is 3.57. The SMILES string of the molecule is CCN(CC)c1cc(C)nc(N2CCN(c3ncccn3)CC2)n1. The number of hydrogen-bond acceptors (Lipinski definition) is 7. The number of piperazine rings is 1. The average molecular weight is 327 g/mol. The lowest BCUT2D eigenvalue weighted by Gasteiger charge is -2.35. The molecule has 0 aromatic carbocycles. The lowest BCUT2D eigenvalue weighted by Crippen LogP contribution is -2.47. The number of hydrogen-bond donors (Lipinski definition) is 0. The van der Waals surface area contributed by atoms with Crippen molar-refractivity contribution in [1.82, 2.24) is 19.9 Å². The molecule has 0 radical (unpaired) electrons. The zero-order chi connectivity index (χ0) is 16.9. The van der Waals surface area contributed by atoms with Crippen LogP contribution in [0.4, 0.5) is 17.7 Å². The molecule has 0 N–H and O–H groups in total. The molecule has 1 aliphatic heterocycles. The maximum atomic E-state index is 4.79. The molecule has 24 heavy (non-hydrogen) atoms. The van der Waals surface area contributed by atoms with E-state index in [1.54, 1.807) is 12.4 Å². The lowest BCUT2D eigenvalue weighted by molar-refractivity contribution is 0.626. The first kappa shape index (κ1) is 16.4. The maximum Gasteiger partial charge on any atom is 0.227 e. The van der Waals surface area contributed by atoms with E-state index in [4.69, 9.17) is 4.98 Å². The first-order valence-electron chi connectivity index (χ1n) is 8.58. The molecular formula is C17H25N7. The average Bonchev–Trinajstić information content (AvgIpc) is 2.63. The largest absolute Gasteiger partial charge is 0.357 e. The van der Waals surface area contributed by atoms with Crippen LogP contribution in [-0.4, -0.2) is 59.2 Å². The summed E-state index contributed by atoms with van der Waals surface area (Å²) in [6, 6.07) is 3.90. The fraction of sp³-hybridized carbons (Fsp3) is 0.529. The second kappa shape index (κ2) is 7.42. The number of anilines is 3. The Bertz CT molecular complexity index is 649. The normalized spacial score (nSPS) is 14.8. The first-order valence-corrected chi connectivity index (χ1v) is 8.58. The van der Waals surface area contributed by atoms with Crippen LogP contribution in [0.15, 0.2) is 24.5 Å². The van der Waals surface area contributed by atoms with Crippen molar-refractivity contribution in [3.05, 3.63) is 30.2 Å². The van der Waals surface area contributed by atoms with Gasteiger partial charge >= 0.3 is 0 Å². The Kier molecular flexibility index (Phi) is 5.08. The zero-order valence-corrected chi connectivity index (χ0v) is 14.7. The predicted molar refractivity (Wildman–Crippen MR) is 96.8 cm³/mol. The molecule has 0 spiro atoms. The summed E-state index contributed by atoms with van der Waals surface area (Å²) in [6.45, 7) is 11.7. The molecule has 0 saturated carbocycles. The Morgan fingerprint density at radius 3 is 2.08 bits per heavy atom. The number of aryl methyl sites for hydroxylation is 1. The van der Waals surface area contributed by atoms with Gasteiger partial charge in [-0.1, -0.05) is 0 Å². The molecule has 2 aromatic heterocycles. The molecule has 3 rings (SSSR count). The summed E-state index contributed by atoms with van der Waals surface area (Å²) in [5.74, 6) is 2.63. The molecule has 0 unspecified atom stereocenters. The van der Waals surface area contributed by atoms with E-state index in [0.29, 0.717) is 0 Å². The molecule has 0 aliphatic carbocycles. The smallest absolute Gasteiger partial charge is 0.227 e. The van der Waals surface area contributed by atoms with E-state index in [2.05, 4.69) is 49.6 Å². The molecule has 128 valence electrons. The Hall–Kier alpha value is -2.44. The van der Waals surface area contributed by atoms with Gasteiger partial charge in [0.15, 0.2) is 0 Å². The fourth-order valence-electron chi connectivity index (χ4n) is 2.95. The number of rotatable bonds is 5. The van der Waals surface area contributed by atoms with Gasteiger partial charge in [-0.3, -0.25) is 0 Å². The molecule has 3 heterocycles. The minimum atomic E-state index is 0.797. The van der Waals surface area contributed by atoms with Crippen molar-refractivity contribution in [2.75, 3.05) is 54.0 Å². The van der Waals surface area contributed by atoms with Gasteiger partial charge in [-0.25, -0.2) is 15.0 Å². The predicted octanol–water partition coefficient (Wildman–Crippen LogP) is 1.75. The van der Waals surface area contributed by atoms with Crippen LogP contribution in [0.3, 0.4) is 0 Å². The van der Waals surface area contributed by atoms with Crippen molar-refractivity contribution in [1.29, 1.82) is 0 Å². The van der Waals surface area contributed by atoms with Crippen LogP contribution < -0.4 is 14.7 Å². The minimum Gasteiger partial charge on any atom is -0.357 e. The van der Waals surface area contributed by atoms with Crippen molar-refractivity contribution in [2.45, 2.75) is 20.8 Å². The van der Waals surface area contributed by atoms with Crippen LogP contribution in [0.1, 0.15) is 19.5 Å². The van der Waals surface area contributed by atoms with Crippen LogP contribution in [0, 0.1) is 6.92 Å². The molecule has 1 fully saturated rings. The Morgan fingerprint density at radius 1 is 0.917 bits per heavy atom. The van der Waals surface area contributed by atoms with E-state index in [0.717, 1.165) is 62.7 Å². The van der Waals surface area contributed by atoms with Crippen LogP contribution in [-0.2, 0) is 0 Å². The Balaban J connectivity index is 1.72. The van der Waals surface area contributed by atoms with E-state index < -0.39 is 0 Å². The van der Waals surface area contributed by atoms with Gasteiger partial charge in [-0.15, -0.1) is 0 Å². The van der Waals surface area contributed by atoms with E-state index in [1.807, 2.05) is 13.0 Å². The molecule has 7 heteroatoms. The summed E-state index contributed by atoms with van der Waals surface area (Å²) in [5.41, 5.74) is 1.01. The van der Waals surface area contributed by atoms with Crippen LogP contribution in [0.2, 0.25) is 0 Å². The molecule has 7 nitrogen and oxygen atoms in total. The van der Waals surface area contributed by atoms with E-state index in [9.17, 15) is 0 Å². The van der Waals surface area contributed by atoms with Gasteiger partial charge in [0.1, 0.15) is 5.82 Å². The Morgan fingerprint density at radius 2 is 1.50 bits per heavy atom. The molecule has 2 aromatic rings. The summed E-state index contributed by atoms with van der Waals surface area (Å²) in [5, 5.41) is 0. The summed E-state index contributed by atoms with van der Waals surface area (Å²) in [7, 11) is 0. The second-order valence-electron chi connectivity index (χ2n) is 5.86. The van der Waals surface area contributed by atoms with Crippen LogP contribution in [0.5, 0.6) is 0 Å². The third kappa shape index (κ3) is 3.55. The van der Waals surface area contributed by atoms with Crippen molar-refractivity contribution in [3.8, 4) is 0 Å². The standard InChI is InChI=1S/C17H25N7/c1-4-22(5-2)15-13-14(3)20-17(21-15)24-11-9-23(10-12-24)16-18-7-6-8-19-16/h6-8,13H,4-5,9-12H2,1-3H3. The number of aromatic nitrogens is 4. The molecule has 1 aliphatic rings. The first-order chi connectivity index (χ1) is 11.7. The maximum absolute atomic E-state index is 4.79. The quantitative estimate of drug-likeness (QED) is 0.829. The highest BCUT2D eigenvalue weighted by Crippen LogP contribution is 2.19. The zero-order valence-electron chi connectivity index (χ0n) is 14.7. The molecule has 0 amide bonds. The summed E-state index contributed by atoms with van der Waals surface area (Å²) in [4.78, 5) is 24.8. The van der Waals surface area contributed by atoms with E-state index >= 15 is 0 Å². The van der Waals surface area contributed by atoms with Gasteiger partial charge in [-0.05, 0) is 26.8 Å². The van der Waals surface area contributed by atoms with Gasteiger partial charge < -0.3 is 14.7 Å². The second-order valence-corrected chi connectivity index (χ2v) is 5.86. The third-order valence-corrected chi connectivity index (χ3v) is 4.31.